The summed E-state index contributed by atoms with van der Waals surface area (Å²) in [4.78, 5) is 4.37. The van der Waals surface area contributed by atoms with Crippen molar-refractivity contribution >= 4 is 11.3 Å². The van der Waals surface area contributed by atoms with E-state index in [9.17, 15) is 0 Å². The SMILES string of the molecule is CC(C)NCc1cn(Cc2ccsc2)cn1. The molecule has 1 N–H and O–H groups in total. The summed E-state index contributed by atoms with van der Waals surface area (Å²) in [6.07, 6.45) is 4.00. The molecule has 2 rings (SSSR count). The van der Waals surface area contributed by atoms with E-state index >= 15 is 0 Å². The van der Waals surface area contributed by atoms with E-state index in [1.54, 1.807) is 11.3 Å². The highest BCUT2D eigenvalue weighted by Gasteiger charge is 2.00. The molecule has 2 aromatic rings. The molecule has 3 nitrogen and oxygen atoms in total. The predicted octanol–water partition coefficient (Wildman–Crippen LogP) is 2.49. The molecule has 0 radical (unpaired) electrons. The van der Waals surface area contributed by atoms with Gasteiger partial charge in [0.15, 0.2) is 0 Å². The van der Waals surface area contributed by atoms with E-state index in [2.05, 4.69) is 51.7 Å². The third-order valence-electron chi connectivity index (χ3n) is 2.32. The molecule has 2 aromatic heterocycles. The molecule has 4 heteroatoms. The first-order chi connectivity index (χ1) is 7.74. The summed E-state index contributed by atoms with van der Waals surface area (Å²) < 4.78 is 2.12. The molecule has 16 heavy (non-hydrogen) atoms. The summed E-state index contributed by atoms with van der Waals surface area (Å²) in [5, 5.41) is 7.64. The number of rotatable bonds is 5. The molecule has 0 amide bonds. The Bertz CT molecular complexity index is 417. The summed E-state index contributed by atoms with van der Waals surface area (Å²) in [7, 11) is 0. The van der Waals surface area contributed by atoms with Crippen LogP contribution in [0.15, 0.2) is 29.4 Å². The summed E-state index contributed by atoms with van der Waals surface area (Å²) in [5.74, 6) is 0. The van der Waals surface area contributed by atoms with Gasteiger partial charge in [0, 0.05) is 25.3 Å². The molecule has 0 unspecified atom stereocenters. The van der Waals surface area contributed by atoms with Crippen molar-refractivity contribution in [2.24, 2.45) is 0 Å². The Balaban J connectivity index is 1.92. The lowest BCUT2D eigenvalue weighted by Crippen LogP contribution is -2.21. The Kier molecular flexibility index (Phi) is 3.74. The van der Waals surface area contributed by atoms with E-state index in [-0.39, 0.29) is 0 Å². The summed E-state index contributed by atoms with van der Waals surface area (Å²) in [6.45, 7) is 6.04. The predicted molar refractivity (Wildman–Crippen MR) is 67.6 cm³/mol. The molecule has 86 valence electrons. The first-order valence-electron chi connectivity index (χ1n) is 5.49. The number of thiophene rings is 1. The number of nitrogens with one attached hydrogen (secondary N) is 1. The van der Waals surface area contributed by atoms with Gasteiger partial charge in [-0.1, -0.05) is 13.8 Å². The molecule has 0 saturated heterocycles. The highest BCUT2D eigenvalue weighted by Crippen LogP contribution is 2.08. The molecule has 0 saturated carbocycles. The average molecular weight is 235 g/mol. The van der Waals surface area contributed by atoms with Gasteiger partial charge < -0.3 is 9.88 Å². The van der Waals surface area contributed by atoms with E-state index in [0.717, 1.165) is 18.8 Å². The lowest BCUT2D eigenvalue weighted by atomic mass is 10.3. The maximum Gasteiger partial charge on any atom is 0.0953 e. The molecule has 0 bridgehead atoms. The van der Waals surface area contributed by atoms with Crippen LogP contribution in [0.4, 0.5) is 0 Å². The van der Waals surface area contributed by atoms with Crippen molar-refractivity contribution in [2.75, 3.05) is 0 Å². The van der Waals surface area contributed by atoms with Crippen molar-refractivity contribution < 1.29 is 0 Å². The Morgan fingerprint density at radius 3 is 3.06 bits per heavy atom. The quantitative estimate of drug-likeness (QED) is 0.863. The molecular weight excluding hydrogens is 218 g/mol. The van der Waals surface area contributed by atoms with Crippen LogP contribution in [0.25, 0.3) is 0 Å². The number of nitrogens with zero attached hydrogens (tertiary/aromatic N) is 2. The van der Waals surface area contributed by atoms with Crippen LogP contribution < -0.4 is 5.32 Å². The van der Waals surface area contributed by atoms with Gasteiger partial charge in [-0.2, -0.15) is 11.3 Å². The smallest absolute Gasteiger partial charge is 0.0953 e. The fraction of sp³-hybridized carbons (Fsp3) is 0.417. The van der Waals surface area contributed by atoms with Crippen molar-refractivity contribution in [3.05, 3.63) is 40.6 Å². The Labute approximate surface area is 100 Å². The minimum atomic E-state index is 0.502. The van der Waals surface area contributed by atoms with Gasteiger partial charge >= 0.3 is 0 Å². The van der Waals surface area contributed by atoms with Gasteiger partial charge in [0.1, 0.15) is 0 Å². The van der Waals surface area contributed by atoms with E-state index < -0.39 is 0 Å². The van der Waals surface area contributed by atoms with Crippen LogP contribution in [0, 0.1) is 0 Å². The maximum atomic E-state index is 4.37. The fourth-order valence-electron chi connectivity index (χ4n) is 1.49. The largest absolute Gasteiger partial charge is 0.333 e. The Morgan fingerprint density at radius 2 is 2.38 bits per heavy atom. The highest BCUT2D eigenvalue weighted by atomic mass is 32.1. The molecular formula is C12H17N3S. The molecule has 0 atom stereocenters. The van der Waals surface area contributed by atoms with Crippen LogP contribution in [-0.4, -0.2) is 15.6 Å². The lowest BCUT2D eigenvalue weighted by Gasteiger charge is -2.04. The van der Waals surface area contributed by atoms with Crippen LogP contribution >= 0.6 is 11.3 Å². The molecule has 0 fully saturated rings. The van der Waals surface area contributed by atoms with Gasteiger partial charge in [0.25, 0.3) is 0 Å². The van der Waals surface area contributed by atoms with E-state index in [0.29, 0.717) is 6.04 Å². The molecule has 0 spiro atoms. The van der Waals surface area contributed by atoms with Gasteiger partial charge in [-0.3, -0.25) is 0 Å². The minimum Gasteiger partial charge on any atom is -0.333 e. The van der Waals surface area contributed by atoms with Gasteiger partial charge in [0.05, 0.1) is 12.0 Å². The van der Waals surface area contributed by atoms with Crippen molar-refractivity contribution in [1.82, 2.24) is 14.9 Å². The van der Waals surface area contributed by atoms with Crippen LogP contribution in [0.2, 0.25) is 0 Å². The summed E-state index contributed by atoms with van der Waals surface area (Å²) in [5.41, 5.74) is 2.44. The first-order valence-corrected chi connectivity index (χ1v) is 6.43. The molecule has 0 aliphatic heterocycles. The van der Waals surface area contributed by atoms with Crippen molar-refractivity contribution in [2.45, 2.75) is 33.0 Å². The summed E-state index contributed by atoms with van der Waals surface area (Å²) in [6, 6.07) is 2.65. The molecule has 0 aliphatic carbocycles. The third-order valence-corrected chi connectivity index (χ3v) is 3.06. The Morgan fingerprint density at radius 1 is 1.50 bits per heavy atom. The third kappa shape index (κ3) is 3.18. The van der Waals surface area contributed by atoms with Crippen LogP contribution in [-0.2, 0) is 13.1 Å². The summed E-state index contributed by atoms with van der Waals surface area (Å²) >= 11 is 1.73. The van der Waals surface area contributed by atoms with Gasteiger partial charge in [-0.05, 0) is 22.4 Å². The number of hydrogen-bond acceptors (Lipinski definition) is 3. The minimum absolute atomic E-state index is 0.502. The first kappa shape index (κ1) is 11.4. The zero-order valence-electron chi connectivity index (χ0n) is 9.68. The molecule has 2 heterocycles. The number of aromatic nitrogens is 2. The van der Waals surface area contributed by atoms with Crippen molar-refractivity contribution in [1.29, 1.82) is 0 Å². The van der Waals surface area contributed by atoms with Crippen molar-refractivity contribution in [3.63, 3.8) is 0 Å². The number of imidazole rings is 1. The van der Waals surface area contributed by atoms with Gasteiger partial charge in [-0.15, -0.1) is 0 Å². The monoisotopic (exact) mass is 235 g/mol. The zero-order chi connectivity index (χ0) is 11.4. The van der Waals surface area contributed by atoms with Crippen LogP contribution in [0.3, 0.4) is 0 Å². The van der Waals surface area contributed by atoms with E-state index in [1.807, 2.05) is 6.33 Å². The van der Waals surface area contributed by atoms with Gasteiger partial charge in [-0.25, -0.2) is 4.98 Å². The molecule has 0 aromatic carbocycles. The Hall–Kier alpha value is -1.13. The van der Waals surface area contributed by atoms with E-state index in [1.165, 1.54) is 5.56 Å². The van der Waals surface area contributed by atoms with E-state index in [4.69, 9.17) is 0 Å². The maximum absolute atomic E-state index is 4.37. The fourth-order valence-corrected chi connectivity index (χ4v) is 2.15. The van der Waals surface area contributed by atoms with Gasteiger partial charge in [0.2, 0.25) is 0 Å². The van der Waals surface area contributed by atoms with Crippen LogP contribution in [0.5, 0.6) is 0 Å². The van der Waals surface area contributed by atoms with Crippen molar-refractivity contribution in [3.8, 4) is 0 Å². The second kappa shape index (κ2) is 5.27. The zero-order valence-corrected chi connectivity index (χ0v) is 10.5. The van der Waals surface area contributed by atoms with Crippen LogP contribution in [0.1, 0.15) is 25.1 Å². The second-order valence-electron chi connectivity index (χ2n) is 4.20. The average Bonchev–Trinajstić information content (AvgIpc) is 2.87. The second-order valence-corrected chi connectivity index (χ2v) is 4.98. The topological polar surface area (TPSA) is 29.9 Å². The standard InChI is InChI=1S/C12H17N3S/c1-10(2)13-5-12-7-15(9-14-12)6-11-3-4-16-8-11/h3-4,7-10,13H,5-6H2,1-2H3. The lowest BCUT2D eigenvalue weighted by molar-refractivity contribution is 0.582. The molecule has 0 aliphatic rings. The normalized spacial score (nSPS) is 11.2. The highest BCUT2D eigenvalue weighted by molar-refractivity contribution is 7.07. The number of hydrogen-bond donors (Lipinski definition) is 1.